The van der Waals surface area contributed by atoms with E-state index in [1.807, 2.05) is 20.8 Å². The molecule has 1 heterocycles. The van der Waals surface area contributed by atoms with E-state index in [0.29, 0.717) is 18.3 Å². The number of rotatable bonds is 3. The lowest BCUT2D eigenvalue weighted by atomic mass is 9.84. The Kier molecular flexibility index (Phi) is 4.48. The highest BCUT2D eigenvalue weighted by Crippen LogP contribution is 2.25. The monoisotopic (exact) mass is 278 g/mol. The summed E-state index contributed by atoms with van der Waals surface area (Å²) in [4.78, 5) is 16.7. The van der Waals surface area contributed by atoms with Gasteiger partial charge >= 0.3 is 0 Å². The van der Waals surface area contributed by atoms with Crippen molar-refractivity contribution in [2.24, 2.45) is 11.7 Å². The average Bonchev–Trinajstić information content (AvgIpc) is 2.40. The minimum absolute atomic E-state index is 0.0543. The van der Waals surface area contributed by atoms with Crippen molar-refractivity contribution >= 4 is 5.82 Å². The number of nitrogens with zero attached hydrogens (tertiary/aromatic N) is 2. The van der Waals surface area contributed by atoms with Crippen LogP contribution in [-0.4, -0.2) is 22.1 Å². The standard InChI is InChI=1S/C15H26N4O/c1-15(2,3)19-9-8-17-13(14(19)20)18-12-7-5-4-6-11(12)10-16/h8-9,11-12H,4-7,10,16H2,1-3H3,(H,17,18). The summed E-state index contributed by atoms with van der Waals surface area (Å²) in [6.07, 6.45) is 8.05. The molecule has 0 aliphatic heterocycles. The molecule has 2 rings (SSSR count). The molecule has 3 N–H and O–H groups in total. The lowest BCUT2D eigenvalue weighted by Gasteiger charge is -2.32. The van der Waals surface area contributed by atoms with Crippen molar-refractivity contribution in [1.29, 1.82) is 0 Å². The van der Waals surface area contributed by atoms with E-state index in [1.165, 1.54) is 12.8 Å². The van der Waals surface area contributed by atoms with Gasteiger partial charge in [-0.25, -0.2) is 4.98 Å². The second kappa shape index (κ2) is 5.95. The first-order valence-electron chi connectivity index (χ1n) is 7.48. The molecule has 0 spiro atoms. The Morgan fingerprint density at radius 1 is 1.40 bits per heavy atom. The van der Waals surface area contributed by atoms with E-state index in [4.69, 9.17) is 5.73 Å². The Balaban J connectivity index is 2.23. The molecule has 5 heteroatoms. The van der Waals surface area contributed by atoms with Gasteiger partial charge in [-0.15, -0.1) is 0 Å². The molecule has 1 aromatic rings. The van der Waals surface area contributed by atoms with E-state index in [9.17, 15) is 4.79 Å². The van der Waals surface area contributed by atoms with E-state index < -0.39 is 0 Å². The van der Waals surface area contributed by atoms with E-state index in [0.717, 1.165) is 12.8 Å². The van der Waals surface area contributed by atoms with Crippen molar-refractivity contribution in [2.45, 2.75) is 58.0 Å². The minimum atomic E-state index is -0.240. The van der Waals surface area contributed by atoms with Crippen molar-refractivity contribution in [1.82, 2.24) is 9.55 Å². The second-order valence-corrected chi connectivity index (χ2v) is 6.65. The molecule has 0 saturated heterocycles. The van der Waals surface area contributed by atoms with Gasteiger partial charge in [0.1, 0.15) is 0 Å². The molecule has 1 aromatic heterocycles. The number of nitrogens with one attached hydrogen (secondary N) is 1. The van der Waals surface area contributed by atoms with Gasteiger partial charge in [-0.1, -0.05) is 12.8 Å². The normalized spacial score (nSPS) is 23.6. The topological polar surface area (TPSA) is 72.9 Å². The highest BCUT2D eigenvalue weighted by atomic mass is 16.1. The maximum atomic E-state index is 12.5. The third-order valence-corrected chi connectivity index (χ3v) is 4.10. The highest BCUT2D eigenvalue weighted by molar-refractivity contribution is 5.33. The molecular weight excluding hydrogens is 252 g/mol. The lowest BCUT2D eigenvalue weighted by molar-refractivity contribution is 0.330. The number of hydrogen-bond donors (Lipinski definition) is 2. The molecule has 0 radical (unpaired) electrons. The molecule has 5 nitrogen and oxygen atoms in total. The highest BCUT2D eigenvalue weighted by Gasteiger charge is 2.25. The van der Waals surface area contributed by atoms with Crippen LogP contribution in [0.25, 0.3) is 0 Å². The van der Waals surface area contributed by atoms with Gasteiger partial charge in [0.2, 0.25) is 0 Å². The van der Waals surface area contributed by atoms with Gasteiger partial charge < -0.3 is 15.6 Å². The van der Waals surface area contributed by atoms with Gasteiger partial charge in [0, 0.05) is 24.0 Å². The molecule has 0 bridgehead atoms. The molecule has 2 unspecified atom stereocenters. The maximum absolute atomic E-state index is 12.5. The summed E-state index contributed by atoms with van der Waals surface area (Å²) < 4.78 is 1.72. The van der Waals surface area contributed by atoms with E-state index in [-0.39, 0.29) is 17.1 Å². The summed E-state index contributed by atoms with van der Waals surface area (Å²) >= 11 is 0. The van der Waals surface area contributed by atoms with Crippen LogP contribution in [0.2, 0.25) is 0 Å². The Hall–Kier alpha value is -1.36. The first-order chi connectivity index (χ1) is 9.43. The first-order valence-corrected chi connectivity index (χ1v) is 7.48. The lowest BCUT2D eigenvalue weighted by Crippen LogP contribution is -2.41. The van der Waals surface area contributed by atoms with Gasteiger partial charge in [0.15, 0.2) is 5.82 Å². The van der Waals surface area contributed by atoms with Crippen molar-refractivity contribution in [3.8, 4) is 0 Å². The Labute approximate surface area is 120 Å². The fraction of sp³-hybridized carbons (Fsp3) is 0.733. The number of hydrogen-bond acceptors (Lipinski definition) is 4. The van der Waals surface area contributed by atoms with Gasteiger partial charge in [0.05, 0.1) is 0 Å². The van der Waals surface area contributed by atoms with Crippen LogP contribution in [0, 0.1) is 5.92 Å². The summed E-state index contributed by atoms with van der Waals surface area (Å²) in [7, 11) is 0. The van der Waals surface area contributed by atoms with Gasteiger partial charge in [-0.3, -0.25) is 4.79 Å². The van der Waals surface area contributed by atoms with Gasteiger partial charge in [-0.2, -0.15) is 0 Å². The van der Waals surface area contributed by atoms with Crippen molar-refractivity contribution in [3.63, 3.8) is 0 Å². The minimum Gasteiger partial charge on any atom is -0.362 e. The molecule has 112 valence electrons. The third kappa shape index (κ3) is 3.20. The zero-order chi connectivity index (χ0) is 14.8. The van der Waals surface area contributed by atoms with Crippen LogP contribution in [0.5, 0.6) is 0 Å². The quantitative estimate of drug-likeness (QED) is 0.886. The fourth-order valence-electron chi connectivity index (χ4n) is 2.89. The summed E-state index contributed by atoms with van der Waals surface area (Å²) in [5, 5.41) is 3.34. The molecule has 0 aromatic carbocycles. The maximum Gasteiger partial charge on any atom is 0.293 e. The van der Waals surface area contributed by atoms with Crippen molar-refractivity contribution in [2.75, 3.05) is 11.9 Å². The first kappa shape index (κ1) is 15.0. The summed E-state index contributed by atoms with van der Waals surface area (Å²) in [6.45, 7) is 6.71. The molecular formula is C15H26N4O. The smallest absolute Gasteiger partial charge is 0.293 e. The molecule has 1 aliphatic rings. The number of anilines is 1. The summed E-state index contributed by atoms with van der Waals surface area (Å²) in [5.41, 5.74) is 5.55. The third-order valence-electron chi connectivity index (χ3n) is 4.10. The van der Waals surface area contributed by atoms with E-state index in [2.05, 4.69) is 10.3 Å². The van der Waals surface area contributed by atoms with E-state index in [1.54, 1.807) is 17.0 Å². The predicted molar refractivity (Wildman–Crippen MR) is 81.9 cm³/mol. The van der Waals surface area contributed by atoms with Crippen molar-refractivity contribution < 1.29 is 0 Å². The zero-order valence-electron chi connectivity index (χ0n) is 12.7. The van der Waals surface area contributed by atoms with Crippen LogP contribution in [0.1, 0.15) is 46.5 Å². The number of aromatic nitrogens is 2. The Bertz CT molecular complexity index is 503. The Morgan fingerprint density at radius 2 is 2.10 bits per heavy atom. The van der Waals surface area contributed by atoms with Gasteiger partial charge in [0.25, 0.3) is 5.56 Å². The molecule has 1 fully saturated rings. The van der Waals surface area contributed by atoms with E-state index >= 15 is 0 Å². The molecule has 1 saturated carbocycles. The summed E-state index contributed by atoms with van der Waals surface area (Å²) in [5.74, 6) is 0.890. The number of nitrogens with two attached hydrogens (primary N) is 1. The fourth-order valence-corrected chi connectivity index (χ4v) is 2.89. The van der Waals surface area contributed by atoms with Crippen LogP contribution in [0.4, 0.5) is 5.82 Å². The van der Waals surface area contributed by atoms with Crippen LogP contribution in [0.3, 0.4) is 0 Å². The predicted octanol–water partition coefficient (Wildman–Crippen LogP) is 1.93. The molecule has 1 aliphatic carbocycles. The van der Waals surface area contributed by atoms with Gasteiger partial charge in [-0.05, 0) is 46.1 Å². The average molecular weight is 278 g/mol. The SMILES string of the molecule is CC(C)(C)n1ccnc(NC2CCCCC2CN)c1=O. The second-order valence-electron chi connectivity index (χ2n) is 6.65. The van der Waals surface area contributed by atoms with Crippen molar-refractivity contribution in [3.05, 3.63) is 22.7 Å². The Morgan fingerprint density at radius 3 is 2.75 bits per heavy atom. The van der Waals surface area contributed by atoms with Crippen LogP contribution in [0.15, 0.2) is 17.2 Å². The molecule has 0 amide bonds. The molecule has 20 heavy (non-hydrogen) atoms. The van der Waals surface area contributed by atoms with Crippen LogP contribution < -0.4 is 16.6 Å². The van der Waals surface area contributed by atoms with Crippen LogP contribution >= 0.6 is 0 Å². The largest absolute Gasteiger partial charge is 0.362 e. The molecule has 2 atom stereocenters. The summed E-state index contributed by atoms with van der Waals surface area (Å²) in [6, 6.07) is 0.268. The van der Waals surface area contributed by atoms with Crippen LogP contribution in [-0.2, 0) is 5.54 Å². The zero-order valence-corrected chi connectivity index (χ0v) is 12.7.